The molecule has 0 aliphatic carbocycles. The molecule has 3 rings (SSSR count). The zero-order valence-electron chi connectivity index (χ0n) is 12.6. The van der Waals surface area contributed by atoms with E-state index in [-0.39, 0.29) is 31.8 Å². The summed E-state index contributed by atoms with van der Waals surface area (Å²) in [5.41, 5.74) is 0. The lowest BCUT2D eigenvalue weighted by Gasteiger charge is -2.25. The molecule has 1 amide bonds. The van der Waals surface area contributed by atoms with Gasteiger partial charge in [-0.3, -0.25) is 4.79 Å². The van der Waals surface area contributed by atoms with Crippen LogP contribution in [0.1, 0.15) is 22.9 Å². The van der Waals surface area contributed by atoms with Crippen LogP contribution in [-0.4, -0.2) is 26.8 Å². The number of aromatic nitrogens is 3. The Balaban J connectivity index is 1.58. The number of carbonyl (C=O) groups excluding carboxylic acids is 1. The molecule has 0 aromatic carbocycles. The molecule has 1 atom stereocenters. The minimum Gasteiger partial charge on any atom is -0.345 e. The van der Waals surface area contributed by atoms with Crippen molar-refractivity contribution in [1.29, 1.82) is 0 Å². The maximum Gasteiger partial charge on any atom is 0.392 e. The average Bonchev–Trinajstić information content (AvgIpc) is 3.19. The number of carbonyl (C=O) groups is 1. The lowest BCUT2D eigenvalue weighted by atomic mass is 9.97. The monoisotopic (exact) mass is 356 g/mol. The second-order valence-electron chi connectivity index (χ2n) is 5.48. The van der Waals surface area contributed by atoms with E-state index in [1.165, 1.54) is 17.4 Å². The number of amides is 1. The third-order valence-corrected chi connectivity index (χ3v) is 4.70. The number of halogens is 3. The molecule has 5 nitrogen and oxygen atoms in total. The molecule has 1 aliphatic rings. The number of nitrogens with zero attached hydrogens (tertiary/aromatic N) is 3. The largest absolute Gasteiger partial charge is 0.392 e. The van der Waals surface area contributed by atoms with Gasteiger partial charge in [-0.05, 0) is 23.9 Å². The molecule has 1 N–H and O–H groups in total. The molecule has 2 aromatic rings. The third-order valence-electron chi connectivity index (χ3n) is 3.86. The summed E-state index contributed by atoms with van der Waals surface area (Å²) in [5.74, 6) is -0.861. The topological polar surface area (TPSA) is 59.8 Å². The van der Waals surface area contributed by atoms with Crippen LogP contribution in [0.2, 0.25) is 0 Å². The van der Waals surface area contributed by atoms with Crippen molar-refractivity contribution >= 4 is 23.3 Å². The molecular formula is C15H15F3N4OS. The third kappa shape index (κ3) is 3.84. The van der Waals surface area contributed by atoms with Crippen LogP contribution < -0.4 is 5.32 Å². The van der Waals surface area contributed by atoms with Crippen molar-refractivity contribution in [3.8, 4) is 0 Å². The first-order chi connectivity index (χ1) is 11.4. The smallest absolute Gasteiger partial charge is 0.345 e. The molecule has 128 valence electrons. The van der Waals surface area contributed by atoms with Crippen molar-refractivity contribution in [2.75, 3.05) is 0 Å². The number of hydrogen-bond acceptors (Lipinski definition) is 4. The molecule has 0 fully saturated rings. The van der Waals surface area contributed by atoms with Crippen LogP contribution in [0, 0.1) is 5.92 Å². The molecule has 0 radical (unpaired) electrons. The Bertz CT molecular complexity index is 736. The lowest BCUT2D eigenvalue weighted by molar-refractivity contribution is -0.179. The van der Waals surface area contributed by atoms with E-state index >= 15 is 0 Å². The maximum absolute atomic E-state index is 12.8. The number of fused-ring (bicyclic) bond motifs is 1. The van der Waals surface area contributed by atoms with E-state index in [1.807, 2.05) is 17.5 Å². The Hall–Kier alpha value is -2.16. The van der Waals surface area contributed by atoms with Gasteiger partial charge in [0.1, 0.15) is 5.82 Å². The van der Waals surface area contributed by atoms with Gasteiger partial charge in [0.05, 0.1) is 12.5 Å². The summed E-state index contributed by atoms with van der Waals surface area (Å²) in [6, 6.07) is 3.78. The summed E-state index contributed by atoms with van der Waals surface area (Å²) < 4.78 is 40.0. The fourth-order valence-electron chi connectivity index (χ4n) is 2.57. The predicted octanol–water partition coefficient (Wildman–Crippen LogP) is 2.79. The number of alkyl halides is 3. The highest BCUT2D eigenvalue weighted by Gasteiger charge is 2.42. The van der Waals surface area contributed by atoms with E-state index in [0.29, 0.717) is 11.6 Å². The van der Waals surface area contributed by atoms with Crippen LogP contribution in [0.4, 0.5) is 13.2 Å². The zero-order valence-corrected chi connectivity index (χ0v) is 13.4. The zero-order chi connectivity index (χ0) is 17.2. The van der Waals surface area contributed by atoms with Gasteiger partial charge in [0, 0.05) is 23.9 Å². The first kappa shape index (κ1) is 16.7. The van der Waals surface area contributed by atoms with E-state index in [1.54, 1.807) is 10.6 Å². The van der Waals surface area contributed by atoms with Gasteiger partial charge in [-0.2, -0.15) is 13.2 Å². The van der Waals surface area contributed by atoms with E-state index in [0.717, 1.165) is 4.88 Å². The fourth-order valence-corrected chi connectivity index (χ4v) is 3.19. The second-order valence-corrected chi connectivity index (χ2v) is 6.46. The van der Waals surface area contributed by atoms with E-state index in [9.17, 15) is 18.0 Å². The Morgan fingerprint density at radius 3 is 3.00 bits per heavy atom. The fraction of sp³-hybridized carbons (Fsp3) is 0.400. The van der Waals surface area contributed by atoms with Gasteiger partial charge in [0.25, 0.3) is 0 Å². The van der Waals surface area contributed by atoms with E-state index in [2.05, 4.69) is 15.5 Å². The summed E-state index contributed by atoms with van der Waals surface area (Å²) in [4.78, 5) is 12.7. The molecule has 24 heavy (non-hydrogen) atoms. The van der Waals surface area contributed by atoms with Crippen LogP contribution >= 0.6 is 11.3 Å². The molecule has 0 spiro atoms. The summed E-state index contributed by atoms with van der Waals surface area (Å²) >= 11 is 1.52. The molecule has 3 heterocycles. The Labute approximate surface area is 140 Å². The highest BCUT2D eigenvalue weighted by atomic mass is 32.1. The molecule has 0 saturated carbocycles. The number of nitrogens with one attached hydrogen (secondary N) is 1. The normalized spacial score (nSPS) is 17.9. The summed E-state index contributed by atoms with van der Waals surface area (Å²) in [7, 11) is 0. The van der Waals surface area contributed by atoms with Crippen LogP contribution in [0.15, 0.2) is 23.6 Å². The standard InChI is InChI=1S/C15H15F3N4OS/c16-15(17,18)10-5-6-22-12(8-10)20-21-13(22)9-19-14(23)4-3-11-2-1-7-24-11/h1-4,7,10H,5-6,8-9H2,(H,19,23)/b4-3+/t10-/m0/s1. The van der Waals surface area contributed by atoms with Crippen LogP contribution in [0.5, 0.6) is 0 Å². The van der Waals surface area contributed by atoms with Crippen molar-refractivity contribution in [2.45, 2.75) is 32.1 Å². The Morgan fingerprint density at radius 1 is 1.46 bits per heavy atom. The van der Waals surface area contributed by atoms with Crippen LogP contribution in [0.3, 0.4) is 0 Å². The van der Waals surface area contributed by atoms with Crippen LogP contribution in [0.25, 0.3) is 6.08 Å². The summed E-state index contributed by atoms with van der Waals surface area (Å²) in [6.45, 7) is 0.347. The van der Waals surface area contributed by atoms with E-state index < -0.39 is 12.1 Å². The van der Waals surface area contributed by atoms with Crippen molar-refractivity contribution in [2.24, 2.45) is 5.92 Å². The van der Waals surface area contributed by atoms with Gasteiger partial charge in [-0.25, -0.2) is 0 Å². The van der Waals surface area contributed by atoms with E-state index in [4.69, 9.17) is 0 Å². The molecule has 9 heteroatoms. The summed E-state index contributed by atoms with van der Waals surface area (Å²) in [6.07, 6.45) is -1.25. The van der Waals surface area contributed by atoms with Gasteiger partial charge in [-0.1, -0.05) is 6.07 Å². The number of thiophene rings is 1. The quantitative estimate of drug-likeness (QED) is 0.857. The first-order valence-corrected chi connectivity index (χ1v) is 8.28. The highest BCUT2D eigenvalue weighted by Crippen LogP contribution is 2.34. The van der Waals surface area contributed by atoms with Crippen molar-refractivity contribution < 1.29 is 18.0 Å². The minimum atomic E-state index is -4.21. The Kier molecular flexibility index (Phi) is 4.70. The van der Waals surface area contributed by atoms with Gasteiger partial charge in [0.15, 0.2) is 5.82 Å². The average molecular weight is 356 g/mol. The molecular weight excluding hydrogens is 341 g/mol. The van der Waals surface area contributed by atoms with Crippen molar-refractivity contribution in [3.05, 3.63) is 40.1 Å². The van der Waals surface area contributed by atoms with Crippen molar-refractivity contribution in [3.63, 3.8) is 0 Å². The van der Waals surface area contributed by atoms with Gasteiger partial charge < -0.3 is 9.88 Å². The van der Waals surface area contributed by atoms with Gasteiger partial charge >= 0.3 is 6.18 Å². The number of rotatable bonds is 4. The predicted molar refractivity (Wildman–Crippen MR) is 83.1 cm³/mol. The minimum absolute atomic E-state index is 0.00771. The second kappa shape index (κ2) is 6.76. The van der Waals surface area contributed by atoms with Crippen molar-refractivity contribution in [1.82, 2.24) is 20.1 Å². The van der Waals surface area contributed by atoms with Crippen LogP contribution in [-0.2, 0) is 24.3 Å². The van der Waals surface area contributed by atoms with Gasteiger partial charge in [0.2, 0.25) is 5.91 Å². The molecule has 2 aromatic heterocycles. The number of hydrogen-bond donors (Lipinski definition) is 1. The SMILES string of the molecule is O=C(/C=C/c1cccs1)NCc1nnc2n1CC[C@H](C(F)(F)F)C2. The highest BCUT2D eigenvalue weighted by molar-refractivity contribution is 7.10. The molecule has 1 aliphatic heterocycles. The lowest BCUT2D eigenvalue weighted by Crippen LogP contribution is -2.32. The molecule has 0 bridgehead atoms. The van der Waals surface area contributed by atoms with Gasteiger partial charge in [-0.15, -0.1) is 21.5 Å². The first-order valence-electron chi connectivity index (χ1n) is 7.40. The maximum atomic E-state index is 12.8. The Morgan fingerprint density at radius 2 is 2.29 bits per heavy atom. The summed E-state index contributed by atoms with van der Waals surface area (Å²) in [5, 5.41) is 12.3. The molecule has 0 unspecified atom stereocenters. The molecule has 0 saturated heterocycles.